The number of benzene rings is 3. The first-order valence-corrected chi connectivity index (χ1v) is 10.5. The monoisotopic (exact) mass is 503 g/mol. The normalized spacial score (nSPS) is 10.6. The molecule has 3 rings (SSSR count). The number of aryl methyl sites for hydroxylation is 1. The maximum absolute atomic E-state index is 12.4. The maximum atomic E-state index is 12.4. The molecule has 0 amide bonds. The smallest absolute Gasteiger partial charge is 0.417 e. The highest BCUT2D eigenvalue weighted by Crippen LogP contribution is 2.35. The second-order valence-corrected chi connectivity index (χ2v) is 7.72. The van der Waals surface area contributed by atoms with E-state index in [1.807, 2.05) is 13.0 Å². The van der Waals surface area contributed by atoms with Crippen LogP contribution in [-0.4, -0.2) is 30.9 Å². The highest BCUT2D eigenvalue weighted by molar-refractivity contribution is 6.34. The number of carbonyl (C=O) groups excluding carboxylic acids is 3. The highest BCUT2D eigenvalue weighted by atomic mass is 35.5. The van der Waals surface area contributed by atoms with Crippen molar-refractivity contribution in [3.8, 4) is 0 Å². The van der Waals surface area contributed by atoms with Crippen molar-refractivity contribution in [3.05, 3.63) is 105 Å². The third-order valence-corrected chi connectivity index (χ3v) is 5.26. The fourth-order valence-electron chi connectivity index (χ4n) is 3.28. The van der Waals surface area contributed by atoms with Crippen molar-refractivity contribution in [3.63, 3.8) is 0 Å². The zero-order valence-electron chi connectivity index (χ0n) is 19.0. The van der Waals surface area contributed by atoms with E-state index in [9.17, 15) is 27.6 Å². The lowest BCUT2D eigenvalue weighted by Gasteiger charge is -2.11. The number of halogens is 4. The number of ketones is 1. The van der Waals surface area contributed by atoms with Gasteiger partial charge in [-0.05, 0) is 43.7 Å². The van der Waals surface area contributed by atoms with Crippen LogP contribution in [0.1, 0.15) is 60.3 Å². The minimum absolute atomic E-state index is 0.174. The minimum Gasteiger partial charge on any atom is -0.465 e. The second-order valence-electron chi connectivity index (χ2n) is 7.32. The summed E-state index contributed by atoms with van der Waals surface area (Å²) < 4.78 is 41.8. The number of esters is 1. The molecule has 0 atom stereocenters. The fraction of sp³-hybridized carbons (Fsp3) is 0.154. The lowest BCUT2D eigenvalue weighted by atomic mass is 9.93. The third kappa shape index (κ3) is 6.64. The molecule has 0 saturated heterocycles. The van der Waals surface area contributed by atoms with Gasteiger partial charge in [-0.3, -0.25) is 15.0 Å². The van der Waals surface area contributed by atoms with Crippen LogP contribution in [-0.2, 0) is 10.9 Å². The minimum atomic E-state index is -4.55. The van der Waals surface area contributed by atoms with Crippen LogP contribution in [0.3, 0.4) is 0 Å². The van der Waals surface area contributed by atoms with Crippen LogP contribution in [0.4, 0.5) is 13.2 Å². The molecule has 0 aliphatic carbocycles. The van der Waals surface area contributed by atoms with Crippen molar-refractivity contribution >= 4 is 35.4 Å². The molecule has 0 saturated carbocycles. The molecule has 0 unspecified atom stereocenters. The Bertz CT molecular complexity index is 1270. The molecule has 0 aliphatic rings. The number of hydrogen-bond donors (Lipinski definition) is 1. The van der Waals surface area contributed by atoms with Crippen molar-refractivity contribution in [2.45, 2.75) is 20.0 Å². The van der Waals surface area contributed by atoms with Gasteiger partial charge in [-0.15, -0.1) is 0 Å². The molecule has 0 aliphatic heterocycles. The number of Topliss-reactive ketones (excluding diaryl/α,β-unsaturated/α-hetero) is 1. The largest absolute Gasteiger partial charge is 0.465 e. The molecule has 0 heterocycles. The molecule has 5 nitrogen and oxygen atoms in total. The van der Waals surface area contributed by atoms with Crippen LogP contribution in [0.5, 0.6) is 0 Å². The van der Waals surface area contributed by atoms with Gasteiger partial charge in [0.2, 0.25) is 0 Å². The summed E-state index contributed by atoms with van der Waals surface area (Å²) >= 11 is 5.51. The Morgan fingerprint density at radius 2 is 1.51 bits per heavy atom. The first kappa shape index (κ1) is 27.5. The molecule has 9 heteroatoms. The summed E-state index contributed by atoms with van der Waals surface area (Å²) in [5.74, 6) is -1.11. The number of hydrogen-bond acceptors (Lipinski definition) is 5. The van der Waals surface area contributed by atoms with Gasteiger partial charge in [-0.25, -0.2) is 4.79 Å². The van der Waals surface area contributed by atoms with Crippen LogP contribution in [0.25, 0.3) is 0 Å². The molecule has 3 aromatic rings. The average Bonchev–Trinajstić information content (AvgIpc) is 2.82. The maximum Gasteiger partial charge on any atom is 0.417 e. The highest BCUT2D eigenvalue weighted by Gasteiger charge is 2.35. The standard InChI is InChI=1S/C17H15NO3.C9H6ClF3O/c1-11-4-3-5-14(10-19)15(11)16(18)12-6-8-13(9-7-12)17(20)21-2;1-5(14)8-6(9(11,12)13)3-2-4-7(8)10/h3-10,18H,1-2H3;2-4H,1H3. The zero-order valence-corrected chi connectivity index (χ0v) is 19.8. The fourth-order valence-corrected chi connectivity index (χ4v) is 3.59. The van der Waals surface area contributed by atoms with Crippen LogP contribution in [0.2, 0.25) is 5.02 Å². The van der Waals surface area contributed by atoms with Gasteiger partial charge in [0.15, 0.2) is 12.1 Å². The summed E-state index contributed by atoms with van der Waals surface area (Å²) in [5.41, 5.74) is 1.82. The summed E-state index contributed by atoms with van der Waals surface area (Å²) in [7, 11) is 1.32. The van der Waals surface area contributed by atoms with Crippen LogP contribution < -0.4 is 0 Å². The summed E-state index contributed by atoms with van der Waals surface area (Å²) in [6.07, 6.45) is -3.80. The van der Waals surface area contributed by atoms with Gasteiger partial charge in [0.1, 0.15) is 0 Å². The Labute approximate surface area is 205 Å². The van der Waals surface area contributed by atoms with E-state index in [2.05, 4.69) is 4.74 Å². The molecular formula is C26H21ClF3NO4. The lowest BCUT2D eigenvalue weighted by molar-refractivity contribution is -0.137. The van der Waals surface area contributed by atoms with E-state index >= 15 is 0 Å². The molecule has 35 heavy (non-hydrogen) atoms. The second kappa shape index (κ2) is 11.6. The van der Waals surface area contributed by atoms with Crippen molar-refractivity contribution < 1.29 is 32.3 Å². The average molecular weight is 504 g/mol. The summed E-state index contributed by atoms with van der Waals surface area (Å²) in [4.78, 5) is 33.5. The molecule has 0 fully saturated rings. The van der Waals surface area contributed by atoms with E-state index in [1.165, 1.54) is 13.2 Å². The van der Waals surface area contributed by atoms with Crippen molar-refractivity contribution in [1.29, 1.82) is 5.41 Å². The molecule has 1 N–H and O–H groups in total. The van der Waals surface area contributed by atoms with Gasteiger partial charge in [-0.1, -0.05) is 48.0 Å². The molecule has 3 aromatic carbocycles. The van der Waals surface area contributed by atoms with Crippen LogP contribution >= 0.6 is 11.6 Å². The molecule has 0 spiro atoms. The molecule has 182 valence electrons. The predicted molar refractivity (Wildman–Crippen MR) is 127 cm³/mol. The Morgan fingerprint density at radius 3 is 2.00 bits per heavy atom. The summed E-state index contributed by atoms with van der Waals surface area (Å²) in [6.45, 7) is 2.91. The van der Waals surface area contributed by atoms with Crippen molar-refractivity contribution in [1.82, 2.24) is 0 Å². The number of aldehydes is 1. The number of rotatable bonds is 5. The van der Waals surface area contributed by atoms with Crippen LogP contribution in [0, 0.1) is 12.3 Å². The Morgan fingerprint density at radius 1 is 0.943 bits per heavy atom. The van der Waals surface area contributed by atoms with Crippen molar-refractivity contribution in [2.75, 3.05) is 7.11 Å². The Kier molecular flexibility index (Phi) is 9.08. The number of carbonyl (C=O) groups is 3. The summed E-state index contributed by atoms with van der Waals surface area (Å²) in [6, 6.07) is 15.2. The van der Waals surface area contributed by atoms with Gasteiger partial charge in [0, 0.05) is 22.3 Å². The van der Waals surface area contributed by atoms with Crippen LogP contribution in [0.15, 0.2) is 60.7 Å². The molecule has 0 radical (unpaired) electrons. The Balaban J connectivity index is 0.000000269. The molecule has 0 bridgehead atoms. The quantitative estimate of drug-likeness (QED) is 0.185. The topological polar surface area (TPSA) is 84.3 Å². The summed E-state index contributed by atoms with van der Waals surface area (Å²) in [5, 5.41) is 8.13. The third-order valence-electron chi connectivity index (χ3n) is 4.95. The zero-order chi connectivity index (χ0) is 26.3. The van der Waals surface area contributed by atoms with E-state index < -0.39 is 29.1 Å². The number of methoxy groups -OCH3 is 1. The number of nitrogens with one attached hydrogen (secondary N) is 1. The number of alkyl halides is 3. The van der Waals surface area contributed by atoms with Gasteiger partial charge in [0.25, 0.3) is 0 Å². The SMILES string of the molecule is CC(=O)c1c(Cl)cccc1C(F)(F)F.COC(=O)c1ccc(C(=N)c2c(C)cccc2C=O)cc1. The van der Waals surface area contributed by atoms with Gasteiger partial charge in [-0.2, -0.15) is 13.2 Å². The molecular weight excluding hydrogens is 483 g/mol. The predicted octanol–water partition coefficient (Wildman–Crippen LogP) is 6.57. The van der Waals surface area contributed by atoms with E-state index in [1.54, 1.807) is 36.4 Å². The lowest BCUT2D eigenvalue weighted by Crippen LogP contribution is -2.11. The number of ether oxygens (including phenoxy) is 1. The first-order valence-electron chi connectivity index (χ1n) is 10.1. The van der Waals surface area contributed by atoms with Gasteiger partial charge >= 0.3 is 12.1 Å². The van der Waals surface area contributed by atoms with E-state index in [4.69, 9.17) is 17.0 Å². The first-order chi connectivity index (χ1) is 16.4. The van der Waals surface area contributed by atoms with E-state index in [-0.39, 0.29) is 10.7 Å². The van der Waals surface area contributed by atoms with Gasteiger partial charge in [0.05, 0.1) is 29.0 Å². The van der Waals surface area contributed by atoms with Crippen molar-refractivity contribution in [2.24, 2.45) is 0 Å². The molecule has 0 aromatic heterocycles. The van der Waals surface area contributed by atoms with E-state index in [0.717, 1.165) is 30.9 Å². The van der Waals surface area contributed by atoms with Gasteiger partial charge < -0.3 is 4.74 Å². The Hall–Kier alpha value is -3.78. The van der Waals surface area contributed by atoms with E-state index in [0.29, 0.717) is 22.3 Å².